The van der Waals surface area contributed by atoms with E-state index in [0.29, 0.717) is 6.42 Å². The normalized spacial score (nSPS) is 22.3. The van der Waals surface area contributed by atoms with Crippen LogP contribution in [0.3, 0.4) is 0 Å². The highest BCUT2D eigenvalue weighted by Crippen LogP contribution is 2.24. The summed E-state index contributed by atoms with van der Waals surface area (Å²) in [6.07, 6.45) is 0.382. The first-order valence-corrected chi connectivity index (χ1v) is 2.36. The molecule has 0 radical (unpaired) electrons. The van der Waals surface area contributed by atoms with Crippen LogP contribution in [0.4, 0.5) is 0 Å². The van der Waals surface area contributed by atoms with Crippen LogP contribution in [-0.4, -0.2) is 18.9 Å². The minimum Gasteiger partial charge on any atom is -1.00 e. The van der Waals surface area contributed by atoms with Gasteiger partial charge in [-0.15, -0.1) is 0 Å². The van der Waals surface area contributed by atoms with Crippen LogP contribution in [0.25, 0.3) is 0 Å². The molecule has 1 unspecified atom stereocenters. The molecule has 9 heavy (non-hydrogen) atoms. The molecule has 0 aromatic carbocycles. The molecule has 0 aromatic heterocycles. The van der Waals surface area contributed by atoms with E-state index in [0.717, 1.165) is 0 Å². The summed E-state index contributed by atoms with van der Waals surface area (Å²) in [5.74, 6) is -0.813. The Bertz CT molecular complexity index is 143. The Morgan fingerprint density at radius 1 is 1.78 bits per heavy atom. The van der Waals surface area contributed by atoms with E-state index in [9.17, 15) is 9.59 Å². The Labute approximate surface area is 58.8 Å². The third-order valence-corrected chi connectivity index (χ3v) is 1.12. The summed E-state index contributed by atoms with van der Waals surface area (Å²) >= 11 is 0. The Hall–Kier alpha value is -0.570. The number of Topliss-reactive ketones (excluding diaryl/α,β-unsaturated/α-hetero) is 1. The lowest BCUT2D eigenvalue weighted by Crippen LogP contribution is -3.00. The average Bonchev–Trinajstić information content (AvgIpc) is 2.45. The summed E-state index contributed by atoms with van der Waals surface area (Å²) in [5, 5.41) is 0. The molecule has 4 heteroatoms. The molecule has 0 spiro atoms. The maximum atomic E-state index is 10.3. The van der Waals surface area contributed by atoms with Crippen molar-refractivity contribution in [2.75, 3.05) is 7.11 Å². The third kappa shape index (κ3) is 1.68. The molecule has 0 bridgehead atoms. The van der Waals surface area contributed by atoms with Crippen LogP contribution in [-0.2, 0) is 14.3 Å². The molecule has 1 aliphatic carbocycles. The highest BCUT2D eigenvalue weighted by atomic mass is 35.5. The first kappa shape index (κ1) is 8.43. The molecule has 1 aliphatic rings. The molecular weight excluding hydrogens is 144 g/mol. The van der Waals surface area contributed by atoms with E-state index in [4.69, 9.17) is 0 Å². The van der Waals surface area contributed by atoms with Gasteiger partial charge in [0.05, 0.1) is 7.11 Å². The number of ether oxygens (including phenoxy) is 1. The van der Waals surface area contributed by atoms with E-state index in [1.54, 1.807) is 0 Å². The zero-order chi connectivity index (χ0) is 6.15. The number of methoxy groups -OCH3 is 1. The minimum absolute atomic E-state index is 0. The Morgan fingerprint density at radius 2 is 2.22 bits per heavy atom. The van der Waals surface area contributed by atoms with Gasteiger partial charge in [0.2, 0.25) is 0 Å². The summed E-state index contributed by atoms with van der Waals surface area (Å²) in [6, 6.07) is 0. The van der Waals surface area contributed by atoms with Gasteiger partial charge in [0.1, 0.15) is 11.7 Å². The van der Waals surface area contributed by atoms with E-state index in [2.05, 4.69) is 4.74 Å². The number of esters is 1. The molecule has 0 amide bonds. The van der Waals surface area contributed by atoms with E-state index in [1.165, 1.54) is 7.11 Å². The van der Waals surface area contributed by atoms with Crippen molar-refractivity contribution in [3.63, 3.8) is 0 Å². The lowest BCUT2D eigenvalue weighted by molar-refractivity contribution is -0.142. The number of halogens is 1. The molecule has 0 aromatic rings. The van der Waals surface area contributed by atoms with Gasteiger partial charge in [-0.3, -0.25) is 9.59 Å². The predicted octanol–water partition coefficient (Wildman–Crippen LogP) is -3.25. The first-order chi connectivity index (χ1) is 3.75. The van der Waals surface area contributed by atoms with Crippen molar-refractivity contribution in [2.24, 2.45) is 5.92 Å². The number of hydrogen-bond donors (Lipinski definition) is 0. The molecule has 0 saturated heterocycles. The average molecular weight is 150 g/mol. The highest BCUT2D eigenvalue weighted by molar-refractivity contribution is 6.12. The van der Waals surface area contributed by atoms with Crippen LogP contribution < -0.4 is 12.4 Å². The molecule has 0 aliphatic heterocycles. The topological polar surface area (TPSA) is 43.4 Å². The van der Waals surface area contributed by atoms with Gasteiger partial charge in [0.15, 0.2) is 0 Å². The fourth-order valence-corrected chi connectivity index (χ4v) is 0.499. The van der Waals surface area contributed by atoms with Crippen molar-refractivity contribution < 1.29 is 26.7 Å². The fraction of sp³-hybridized carbons (Fsp3) is 0.600. The van der Waals surface area contributed by atoms with Crippen molar-refractivity contribution in [2.45, 2.75) is 6.42 Å². The van der Waals surface area contributed by atoms with E-state index >= 15 is 0 Å². The lowest BCUT2D eigenvalue weighted by Gasteiger charge is -1.88. The maximum Gasteiger partial charge on any atom is 0.316 e. The van der Waals surface area contributed by atoms with Gasteiger partial charge in [-0.1, -0.05) is 0 Å². The second-order valence-electron chi connectivity index (χ2n) is 1.75. The Balaban J connectivity index is 0.000000640. The predicted molar refractivity (Wildman–Crippen MR) is 25.1 cm³/mol. The fourth-order valence-electron chi connectivity index (χ4n) is 0.499. The van der Waals surface area contributed by atoms with Crippen molar-refractivity contribution >= 4 is 11.8 Å². The van der Waals surface area contributed by atoms with Gasteiger partial charge < -0.3 is 17.1 Å². The summed E-state index contributed by atoms with van der Waals surface area (Å²) in [7, 11) is 1.29. The van der Waals surface area contributed by atoms with Crippen LogP contribution in [0.15, 0.2) is 0 Å². The molecule has 1 fully saturated rings. The van der Waals surface area contributed by atoms with Crippen molar-refractivity contribution in [3.8, 4) is 0 Å². The Kier molecular flexibility index (Phi) is 2.65. The maximum absolute atomic E-state index is 10.3. The highest BCUT2D eigenvalue weighted by Gasteiger charge is 2.42. The van der Waals surface area contributed by atoms with Gasteiger partial charge in [0.25, 0.3) is 0 Å². The van der Waals surface area contributed by atoms with Crippen LogP contribution in [0.5, 0.6) is 0 Å². The third-order valence-electron chi connectivity index (χ3n) is 1.12. The minimum atomic E-state index is -0.417. The van der Waals surface area contributed by atoms with Crippen LogP contribution in [0.2, 0.25) is 0 Å². The van der Waals surface area contributed by atoms with Gasteiger partial charge in [-0.25, -0.2) is 0 Å². The van der Waals surface area contributed by atoms with Crippen molar-refractivity contribution in [1.29, 1.82) is 0 Å². The second kappa shape index (κ2) is 2.82. The smallest absolute Gasteiger partial charge is 0.316 e. The van der Waals surface area contributed by atoms with E-state index in [1.807, 2.05) is 0 Å². The zero-order valence-electron chi connectivity index (χ0n) is 4.89. The lowest BCUT2D eigenvalue weighted by atomic mass is 10.4. The molecule has 0 heterocycles. The van der Waals surface area contributed by atoms with Crippen LogP contribution in [0.1, 0.15) is 6.42 Å². The molecular formula is C5H6ClO3-. The first-order valence-electron chi connectivity index (χ1n) is 2.36. The van der Waals surface area contributed by atoms with E-state index in [-0.39, 0.29) is 18.2 Å². The monoisotopic (exact) mass is 149 g/mol. The quantitative estimate of drug-likeness (QED) is 0.291. The summed E-state index contributed by atoms with van der Waals surface area (Å²) in [5.41, 5.74) is 0. The van der Waals surface area contributed by atoms with Crippen LogP contribution >= 0.6 is 0 Å². The number of hydrogen-bond acceptors (Lipinski definition) is 3. The zero-order valence-corrected chi connectivity index (χ0v) is 5.64. The summed E-state index contributed by atoms with van der Waals surface area (Å²) in [6.45, 7) is 0. The SMILES string of the molecule is COC(=O)C1CC1=O.[Cl-]. The number of ketones is 1. The van der Waals surface area contributed by atoms with Crippen molar-refractivity contribution in [1.82, 2.24) is 0 Å². The molecule has 0 N–H and O–H groups in total. The van der Waals surface area contributed by atoms with Gasteiger partial charge >= 0.3 is 5.97 Å². The number of rotatable bonds is 1. The molecule has 3 nitrogen and oxygen atoms in total. The van der Waals surface area contributed by atoms with Crippen molar-refractivity contribution in [3.05, 3.63) is 0 Å². The number of carbonyl (C=O) groups excluding carboxylic acids is 2. The molecule has 52 valence electrons. The van der Waals surface area contributed by atoms with Gasteiger partial charge in [-0.2, -0.15) is 0 Å². The summed E-state index contributed by atoms with van der Waals surface area (Å²) < 4.78 is 4.28. The van der Waals surface area contributed by atoms with Crippen LogP contribution in [0, 0.1) is 5.92 Å². The van der Waals surface area contributed by atoms with Gasteiger partial charge in [0, 0.05) is 6.42 Å². The molecule has 1 rings (SSSR count). The standard InChI is InChI=1S/C5H6O3.ClH/c1-8-5(7)3-2-4(3)6;/h3H,2H2,1H3;1H/p-1. The van der Waals surface area contributed by atoms with Gasteiger partial charge in [-0.05, 0) is 0 Å². The largest absolute Gasteiger partial charge is 1.00 e. The number of carbonyl (C=O) groups is 2. The summed E-state index contributed by atoms with van der Waals surface area (Å²) in [4.78, 5) is 20.5. The molecule has 1 atom stereocenters. The Morgan fingerprint density at radius 3 is 2.33 bits per heavy atom. The van der Waals surface area contributed by atoms with E-state index < -0.39 is 11.9 Å². The molecule has 1 saturated carbocycles. The second-order valence-corrected chi connectivity index (χ2v) is 1.75.